The Kier molecular flexibility index (Phi) is 5.84. The van der Waals surface area contributed by atoms with Crippen LogP contribution in [0.15, 0.2) is 42.5 Å². The summed E-state index contributed by atoms with van der Waals surface area (Å²) < 4.78 is 18.0. The summed E-state index contributed by atoms with van der Waals surface area (Å²) in [5, 5.41) is 10.8. The molecule has 2 N–H and O–H groups in total. The number of carbonyl (C=O) groups is 2. The van der Waals surface area contributed by atoms with E-state index in [0.717, 1.165) is 6.07 Å². The van der Waals surface area contributed by atoms with Gasteiger partial charge in [-0.25, -0.2) is 9.18 Å². The van der Waals surface area contributed by atoms with Crippen molar-refractivity contribution in [3.05, 3.63) is 69.5 Å². The highest BCUT2D eigenvalue weighted by Crippen LogP contribution is 2.22. The molecule has 2 rings (SSSR count). The molecule has 2 aromatic carbocycles. The molecule has 9 heteroatoms. The maximum Gasteiger partial charge on any atom is 0.338 e. The average molecular weight is 361 g/mol. The maximum atomic E-state index is 13.1. The molecule has 0 atom stereocenters. The van der Waals surface area contributed by atoms with Crippen molar-refractivity contribution in [3.63, 3.8) is 0 Å². The molecule has 8 nitrogen and oxygen atoms in total. The Morgan fingerprint density at radius 3 is 2.65 bits per heavy atom. The lowest BCUT2D eigenvalue weighted by molar-refractivity contribution is -0.383. The normalized spacial score (nSPS) is 10.2. The van der Waals surface area contributed by atoms with Crippen LogP contribution in [0.1, 0.15) is 15.9 Å². The van der Waals surface area contributed by atoms with Crippen LogP contribution < -0.4 is 5.73 Å². The number of ether oxygens (including phenoxy) is 1. The highest BCUT2D eigenvalue weighted by atomic mass is 19.1. The van der Waals surface area contributed by atoms with Crippen molar-refractivity contribution in [1.29, 1.82) is 0 Å². The molecule has 0 fully saturated rings. The molecule has 0 aliphatic carbocycles. The SMILES string of the molecule is CN(Cc1cccc(F)c1)C(=O)COC(=O)c1ccc(N)c([N+](=O)[O-])c1. The second kappa shape index (κ2) is 8.06. The number of hydrogen-bond donors (Lipinski definition) is 1. The summed E-state index contributed by atoms with van der Waals surface area (Å²) in [4.78, 5) is 35.4. The quantitative estimate of drug-likeness (QED) is 0.365. The number of halogens is 1. The summed E-state index contributed by atoms with van der Waals surface area (Å²) in [6.45, 7) is -0.412. The minimum atomic E-state index is -0.888. The van der Waals surface area contributed by atoms with E-state index in [4.69, 9.17) is 10.5 Å². The molecule has 0 unspecified atom stereocenters. The molecule has 0 spiro atoms. The topological polar surface area (TPSA) is 116 Å². The van der Waals surface area contributed by atoms with Gasteiger partial charge in [0.15, 0.2) is 6.61 Å². The Morgan fingerprint density at radius 2 is 2.00 bits per heavy atom. The van der Waals surface area contributed by atoms with Gasteiger partial charge in [0.2, 0.25) is 0 Å². The number of nitro benzene ring substituents is 1. The van der Waals surface area contributed by atoms with Crippen LogP contribution in [0.4, 0.5) is 15.8 Å². The van der Waals surface area contributed by atoms with Crippen LogP contribution in [0.25, 0.3) is 0 Å². The van der Waals surface area contributed by atoms with E-state index in [9.17, 15) is 24.1 Å². The van der Waals surface area contributed by atoms with Crippen LogP contribution in [0.2, 0.25) is 0 Å². The molecule has 0 saturated carbocycles. The van der Waals surface area contributed by atoms with Crippen LogP contribution in [0.3, 0.4) is 0 Å². The third kappa shape index (κ3) is 4.76. The van der Waals surface area contributed by atoms with Crippen molar-refractivity contribution in [2.45, 2.75) is 6.54 Å². The van der Waals surface area contributed by atoms with Gasteiger partial charge in [0.1, 0.15) is 11.5 Å². The molecule has 0 saturated heterocycles. The van der Waals surface area contributed by atoms with Crippen molar-refractivity contribution >= 4 is 23.3 Å². The smallest absolute Gasteiger partial charge is 0.338 e. The average Bonchev–Trinajstić information content (AvgIpc) is 2.59. The molecule has 136 valence electrons. The third-order valence-electron chi connectivity index (χ3n) is 3.52. The van der Waals surface area contributed by atoms with Crippen LogP contribution >= 0.6 is 0 Å². The Balaban J connectivity index is 1.95. The second-order valence-corrected chi connectivity index (χ2v) is 5.49. The number of carbonyl (C=O) groups excluding carboxylic acids is 2. The number of hydrogen-bond acceptors (Lipinski definition) is 6. The van der Waals surface area contributed by atoms with Crippen LogP contribution in [-0.2, 0) is 16.1 Å². The van der Waals surface area contributed by atoms with Crippen molar-refractivity contribution in [2.75, 3.05) is 19.4 Å². The Bertz CT molecular complexity index is 856. The first-order valence-corrected chi connectivity index (χ1v) is 7.47. The first-order valence-electron chi connectivity index (χ1n) is 7.47. The molecular weight excluding hydrogens is 345 g/mol. The number of nitrogens with zero attached hydrogens (tertiary/aromatic N) is 2. The van der Waals surface area contributed by atoms with Gasteiger partial charge >= 0.3 is 5.97 Å². The molecule has 1 amide bonds. The molecule has 0 radical (unpaired) electrons. The number of nitro groups is 1. The van der Waals surface area contributed by atoms with Crippen LogP contribution in [0.5, 0.6) is 0 Å². The fourth-order valence-corrected chi connectivity index (χ4v) is 2.15. The van der Waals surface area contributed by atoms with Crippen molar-refractivity contribution < 1.29 is 23.6 Å². The zero-order chi connectivity index (χ0) is 19.3. The highest BCUT2D eigenvalue weighted by Gasteiger charge is 2.18. The summed E-state index contributed by atoms with van der Waals surface area (Å²) in [7, 11) is 1.48. The monoisotopic (exact) mass is 361 g/mol. The van der Waals surface area contributed by atoms with Gasteiger partial charge in [-0.2, -0.15) is 0 Å². The number of nitrogen functional groups attached to an aromatic ring is 1. The molecule has 0 bridgehead atoms. The minimum Gasteiger partial charge on any atom is -0.452 e. The standard InChI is InChI=1S/C17H16FN3O5/c1-20(9-11-3-2-4-13(18)7-11)16(22)10-26-17(23)12-5-6-14(19)15(8-12)21(24)25/h2-8H,9-10,19H2,1H3. The number of anilines is 1. The van der Waals surface area contributed by atoms with Crippen molar-refractivity contribution in [3.8, 4) is 0 Å². The van der Waals surface area contributed by atoms with Crippen LogP contribution in [-0.4, -0.2) is 35.4 Å². The Labute approximate surface area is 148 Å². The zero-order valence-electron chi connectivity index (χ0n) is 13.8. The van der Waals surface area contributed by atoms with Crippen molar-refractivity contribution in [1.82, 2.24) is 4.90 Å². The van der Waals surface area contributed by atoms with Gasteiger partial charge in [-0.3, -0.25) is 14.9 Å². The van der Waals surface area contributed by atoms with E-state index < -0.39 is 34.9 Å². The number of likely N-dealkylation sites (N-methyl/N-ethyl adjacent to an activating group) is 1. The van der Waals surface area contributed by atoms with E-state index in [2.05, 4.69) is 0 Å². The summed E-state index contributed by atoms with van der Waals surface area (Å²) in [6, 6.07) is 9.24. The molecule has 2 aromatic rings. The van der Waals surface area contributed by atoms with E-state index in [1.54, 1.807) is 6.07 Å². The predicted octanol–water partition coefficient (Wildman–Crippen LogP) is 2.13. The van der Waals surface area contributed by atoms with Gasteiger partial charge in [0, 0.05) is 19.7 Å². The first kappa shape index (κ1) is 18.8. The van der Waals surface area contributed by atoms with Crippen LogP contribution in [0, 0.1) is 15.9 Å². The largest absolute Gasteiger partial charge is 0.452 e. The zero-order valence-corrected chi connectivity index (χ0v) is 13.8. The molecule has 0 aliphatic rings. The highest BCUT2D eigenvalue weighted by molar-refractivity contribution is 5.92. The van der Waals surface area contributed by atoms with Crippen molar-refractivity contribution in [2.24, 2.45) is 0 Å². The number of nitrogens with two attached hydrogens (primary N) is 1. The molecule has 0 aromatic heterocycles. The maximum absolute atomic E-state index is 13.1. The number of benzene rings is 2. The lowest BCUT2D eigenvalue weighted by Gasteiger charge is -2.17. The Hall–Kier alpha value is -3.49. The lowest BCUT2D eigenvalue weighted by Crippen LogP contribution is -2.30. The minimum absolute atomic E-state index is 0.0857. The van der Waals surface area contributed by atoms with Gasteiger partial charge < -0.3 is 15.4 Å². The summed E-state index contributed by atoms with van der Waals surface area (Å²) >= 11 is 0. The number of esters is 1. The van der Waals surface area contributed by atoms with Gasteiger partial charge in [0.05, 0.1) is 10.5 Å². The first-order chi connectivity index (χ1) is 12.3. The van der Waals surface area contributed by atoms with Gasteiger partial charge in [-0.05, 0) is 29.8 Å². The summed E-state index contributed by atoms with van der Waals surface area (Å²) in [5.41, 5.74) is 5.44. The molecule has 0 aliphatic heterocycles. The van der Waals surface area contributed by atoms with E-state index in [1.807, 2.05) is 0 Å². The second-order valence-electron chi connectivity index (χ2n) is 5.49. The summed E-state index contributed by atoms with van der Waals surface area (Å²) in [5.74, 6) is -1.81. The number of amides is 1. The third-order valence-corrected chi connectivity index (χ3v) is 3.52. The fraction of sp³-hybridized carbons (Fsp3) is 0.176. The van der Waals surface area contributed by atoms with Gasteiger partial charge in [0.25, 0.3) is 11.6 Å². The fourth-order valence-electron chi connectivity index (χ4n) is 2.15. The predicted molar refractivity (Wildman–Crippen MR) is 90.7 cm³/mol. The molecule has 26 heavy (non-hydrogen) atoms. The van der Waals surface area contributed by atoms with E-state index in [0.29, 0.717) is 5.56 Å². The van der Waals surface area contributed by atoms with E-state index in [1.165, 1.54) is 42.3 Å². The lowest BCUT2D eigenvalue weighted by atomic mass is 10.2. The van der Waals surface area contributed by atoms with E-state index >= 15 is 0 Å². The molecular formula is C17H16FN3O5. The van der Waals surface area contributed by atoms with Gasteiger partial charge in [-0.15, -0.1) is 0 Å². The number of rotatable bonds is 6. The molecule has 0 heterocycles. The Morgan fingerprint density at radius 1 is 1.27 bits per heavy atom. The van der Waals surface area contributed by atoms with E-state index in [-0.39, 0.29) is 17.8 Å². The summed E-state index contributed by atoms with van der Waals surface area (Å²) in [6.07, 6.45) is 0. The van der Waals surface area contributed by atoms with Gasteiger partial charge in [-0.1, -0.05) is 12.1 Å².